The molecule has 1 atom stereocenters. The zero-order valence-corrected chi connectivity index (χ0v) is 20.4. The number of hydrogen-bond acceptors (Lipinski definition) is 5. The number of nitrogens with one attached hydrogen (secondary N) is 3. The topological polar surface area (TPSA) is 86.4 Å². The van der Waals surface area contributed by atoms with Gasteiger partial charge < -0.3 is 10.2 Å². The average molecular weight is 526 g/mol. The van der Waals surface area contributed by atoms with Crippen LogP contribution in [0.2, 0.25) is 0 Å². The number of benzene rings is 1. The van der Waals surface area contributed by atoms with Crippen LogP contribution in [-0.4, -0.2) is 42.3 Å². The highest BCUT2D eigenvalue weighted by atomic mass is 32.2. The summed E-state index contributed by atoms with van der Waals surface area (Å²) >= 11 is 1.59. The van der Waals surface area contributed by atoms with Gasteiger partial charge in [0.2, 0.25) is 5.91 Å². The number of alkyl halides is 3. The van der Waals surface area contributed by atoms with Gasteiger partial charge in [-0.05, 0) is 55.7 Å². The summed E-state index contributed by atoms with van der Waals surface area (Å²) in [6.45, 7) is 1.37. The second-order valence-corrected chi connectivity index (χ2v) is 9.74. The van der Waals surface area contributed by atoms with Crippen molar-refractivity contribution in [3.8, 4) is 0 Å². The van der Waals surface area contributed by atoms with Crippen LogP contribution in [0.3, 0.4) is 0 Å². The molecular weight excluding hydrogens is 498 g/mol. The second-order valence-electron chi connectivity index (χ2n) is 9.04. The smallest absolute Gasteiger partial charge is 0.326 e. The lowest BCUT2D eigenvalue weighted by molar-refractivity contribution is -0.138. The Kier molecular flexibility index (Phi) is 7.74. The quantitative estimate of drug-likeness (QED) is 0.356. The molecule has 2 aliphatic rings. The molecule has 1 aromatic carbocycles. The predicted molar refractivity (Wildman–Crippen MR) is 130 cm³/mol. The van der Waals surface area contributed by atoms with Crippen molar-refractivity contribution in [2.45, 2.75) is 49.7 Å². The standard InChI is InChI=1S/C24H27F4N5O2S/c1-36-30-14-23(9-3-10-23)15-5-7-17(8-6-15)33-11-2-4-19(21(33)34)31-22(35)32-20-18(25)12-16(13-29-20)24(26,27)28/h5-8,12-13,19,30H,2-4,9-11,14H2,1H3,(H2,29,31,32,35). The second kappa shape index (κ2) is 10.6. The van der Waals surface area contributed by atoms with Crippen molar-refractivity contribution in [2.75, 3.05) is 29.6 Å². The van der Waals surface area contributed by atoms with Gasteiger partial charge in [0.15, 0.2) is 11.6 Å². The van der Waals surface area contributed by atoms with Crippen molar-refractivity contribution < 1.29 is 27.2 Å². The number of hydrogen-bond donors (Lipinski definition) is 3. The SMILES string of the molecule is CSNCC1(c2ccc(N3CCCC(NC(=O)Nc4ncc(C(F)(F)F)cc4F)C3=O)cc2)CCC1. The Morgan fingerprint density at radius 3 is 2.53 bits per heavy atom. The van der Waals surface area contributed by atoms with E-state index in [1.54, 1.807) is 16.8 Å². The van der Waals surface area contributed by atoms with Crippen LogP contribution in [0.4, 0.5) is 33.9 Å². The van der Waals surface area contributed by atoms with Crippen LogP contribution in [0, 0.1) is 5.82 Å². The van der Waals surface area contributed by atoms with E-state index in [-0.39, 0.29) is 17.4 Å². The third kappa shape index (κ3) is 5.59. The first-order valence-electron chi connectivity index (χ1n) is 11.6. The molecule has 1 aliphatic carbocycles. The summed E-state index contributed by atoms with van der Waals surface area (Å²) in [5.74, 6) is -2.29. The maximum atomic E-state index is 14.0. The van der Waals surface area contributed by atoms with Crippen molar-refractivity contribution in [3.63, 3.8) is 0 Å². The number of aromatic nitrogens is 1. The molecule has 7 nitrogen and oxygen atoms in total. The molecule has 3 N–H and O–H groups in total. The molecule has 0 bridgehead atoms. The maximum absolute atomic E-state index is 14.0. The fourth-order valence-electron chi connectivity index (χ4n) is 4.63. The lowest BCUT2D eigenvalue weighted by Gasteiger charge is -2.43. The summed E-state index contributed by atoms with van der Waals surface area (Å²) in [6.07, 6.45) is 2.09. The van der Waals surface area contributed by atoms with Crippen LogP contribution in [-0.2, 0) is 16.4 Å². The zero-order valence-electron chi connectivity index (χ0n) is 19.6. The van der Waals surface area contributed by atoms with E-state index in [1.807, 2.05) is 30.5 Å². The van der Waals surface area contributed by atoms with Crippen molar-refractivity contribution in [3.05, 3.63) is 53.5 Å². The largest absolute Gasteiger partial charge is 0.417 e. The minimum Gasteiger partial charge on any atom is -0.326 e. The summed E-state index contributed by atoms with van der Waals surface area (Å²) < 4.78 is 55.4. The van der Waals surface area contributed by atoms with Gasteiger partial charge in [0.25, 0.3) is 0 Å². The Labute approximate surface area is 210 Å². The van der Waals surface area contributed by atoms with E-state index in [1.165, 1.54) is 12.0 Å². The molecule has 1 unspecified atom stereocenters. The Hall–Kier alpha value is -2.86. The number of halogens is 4. The van der Waals surface area contributed by atoms with E-state index in [0.717, 1.165) is 25.1 Å². The molecule has 0 spiro atoms. The molecule has 194 valence electrons. The van der Waals surface area contributed by atoms with Gasteiger partial charge in [-0.2, -0.15) is 13.2 Å². The third-order valence-corrected chi connectivity index (χ3v) is 7.23. The highest BCUT2D eigenvalue weighted by Crippen LogP contribution is 2.44. The predicted octanol–water partition coefficient (Wildman–Crippen LogP) is 4.85. The lowest BCUT2D eigenvalue weighted by atomic mass is 9.64. The lowest BCUT2D eigenvalue weighted by Crippen LogP contribution is -2.53. The van der Waals surface area contributed by atoms with Gasteiger partial charge in [-0.1, -0.05) is 30.5 Å². The van der Waals surface area contributed by atoms with Gasteiger partial charge in [0.05, 0.1) is 5.56 Å². The first-order valence-corrected chi connectivity index (χ1v) is 12.8. The minimum absolute atomic E-state index is 0.108. The molecule has 2 fully saturated rings. The van der Waals surface area contributed by atoms with Gasteiger partial charge in [-0.25, -0.2) is 14.2 Å². The molecule has 36 heavy (non-hydrogen) atoms. The monoisotopic (exact) mass is 525 g/mol. The first kappa shape index (κ1) is 26.2. The van der Waals surface area contributed by atoms with E-state index in [0.29, 0.717) is 25.6 Å². The average Bonchev–Trinajstić information content (AvgIpc) is 2.81. The number of rotatable bonds is 7. The number of carbonyl (C=O) groups excluding carboxylic acids is 2. The Morgan fingerprint density at radius 1 is 1.22 bits per heavy atom. The molecule has 1 saturated heterocycles. The number of nitrogens with zero attached hydrogens (tertiary/aromatic N) is 2. The summed E-state index contributed by atoms with van der Waals surface area (Å²) in [6, 6.07) is 6.39. The Morgan fingerprint density at radius 2 is 1.94 bits per heavy atom. The zero-order chi connectivity index (χ0) is 25.9. The van der Waals surface area contributed by atoms with Crippen LogP contribution in [0.5, 0.6) is 0 Å². The summed E-state index contributed by atoms with van der Waals surface area (Å²) in [5.41, 5.74) is 0.790. The van der Waals surface area contributed by atoms with E-state index in [2.05, 4.69) is 20.3 Å². The number of anilines is 2. The Balaban J connectivity index is 1.39. The first-order chi connectivity index (χ1) is 17.1. The molecule has 2 heterocycles. The van der Waals surface area contributed by atoms with Gasteiger partial charge in [-0.15, -0.1) is 0 Å². The fraction of sp³-hybridized carbons (Fsp3) is 0.458. The van der Waals surface area contributed by atoms with Crippen LogP contribution in [0.15, 0.2) is 36.5 Å². The molecule has 1 saturated carbocycles. The number of amides is 3. The highest BCUT2D eigenvalue weighted by Gasteiger charge is 2.39. The fourth-order valence-corrected chi connectivity index (χ4v) is 5.05. The van der Waals surface area contributed by atoms with Crippen LogP contribution in [0.25, 0.3) is 0 Å². The number of carbonyl (C=O) groups is 2. The van der Waals surface area contributed by atoms with Crippen LogP contribution < -0.4 is 20.3 Å². The summed E-state index contributed by atoms with van der Waals surface area (Å²) in [5, 5.41) is 4.57. The van der Waals surface area contributed by atoms with Crippen LogP contribution >= 0.6 is 11.9 Å². The van der Waals surface area contributed by atoms with Crippen molar-refractivity contribution in [2.24, 2.45) is 0 Å². The number of piperidine rings is 1. The Bertz CT molecular complexity index is 1110. The highest BCUT2D eigenvalue weighted by molar-refractivity contribution is 7.96. The molecular formula is C24H27F4N5O2S. The van der Waals surface area contributed by atoms with E-state index in [9.17, 15) is 27.2 Å². The van der Waals surface area contributed by atoms with Crippen molar-refractivity contribution in [1.82, 2.24) is 15.0 Å². The molecule has 3 amide bonds. The summed E-state index contributed by atoms with van der Waals surface area (Å²) in [7, 11) is 0. The van der Waals surface area contributed by atoms with Gasteiger partial charge in [0.1, 0.15) is 6.04 Å². The molecule has 0 radical (unpaired) electrons. The maximum Gasteiger partial charge on any atom is 0.417 e. The number of pyridine rings is 1. The van der Waals surface area contributed by atoms with E-state index < -0.39 is 35.4 Å². The van der Waals surface area contributed by atoms with E-state index >= 15 is 0 Å². The third-order valence-electron chi connectivity index (χ3n) is 6.80. The molecule has 4 rings (SSSR count). The normalized spacial score (nSPS) is 19.5. The molecule has 1 aromatic heterocycles. The minimum atomic E-state index is -4.76. The van der Waals surface area contributed by atoms with Gasteiger partial charge in [-0.3, -0.25) is 14.8 Å². The number of urea groups is 1. The van der Waals surface area contributed by atoms with Gasteiger partial charge in [0, 0.05) is 30.4 Å². The van der Waals surface area contributed by atoms with Crippen molar-refractivity contribution in [1.29, 1.82) is 0 Å². The van der Waals surface area contributed by atoms with E-state index in [4.69, 9.17) is 0 Å². The molecule has 1 aliphatic heterocycles. The summed E-state index contributed by atoms with van der Waals surface area (Å²) in [4.78, 5) is 30.4. The van der Waals surface area contributed by atoms with Crippen LogP contribution in [0.1, 0.15) is 43.2 Å². The molecule has 2 aromatic rings. The molecule has 12 heteroatoms. The van der Waals surface area contributed by atoms with Crippen molar-refractivity contribution >= 4 is 35.4 Å². The van der Waals surface area contributed by atoms with Gasteiger partial charge >= 0.3 is 12.2 Å².